The molecule has 7 nitrogen and oxygen atoms in total. The normalized spacial score (nSPS) is 22.2. The van der Waals surface area contributed by atoms with Gasteiger partial charge in [-0.05, 0) is 11.6 Å². The molecule has 0 amide bonds. The fourth-order valence-electron chi connectivity index (χ4n) is 2.37. The number of morpholine rings is 2. The topological polar surface area (TPSA) is 68.1 Å². The summed E-state index contributed by atoms with van der Waals surface area (Å²) in [7, 11) is 0. The minimum atomic E-state index is -1.45. The van der Waals surface area contributed by atoms with E-state index in [4.69, 9.17) is 21.1 Å². The lowest BCUT2D eigenvalue weighted by Gasteiger charge is -2.34. The molecule has 9 heteroatoms. The van der Waals surface area contributed by atoms with Crippen LogP contribution in [0, 0.1) is 10.1 Å². The third-order valence-corrected chi connectivity index (χ3v) is 3.84. The summed E-state index contributed by atoms with van der Waals surface area (Å²) < 4.78 is 10.5. The Morgan fingerprint density at radius 3 is 1.65 bits per heavy atom. The Balaban J connectivity index is 0.00000200. The average Bonchev–Trinajstić information content (AvgIpc) is 2.40. The molecular weight excluding hydrogens is 309 g/mol. The van der Waals surface area contributed by atoms with Crippen LogP contribution in [0.15, 0.2) is 0 Å². The summed E-state index contributed by atoms with van der Waals surface area (Å²) >= 11 is 6.28. The van der Waals surface area contributed by atoms with Crippen molar-refractivity contribution < 1.29 is 14.4 Å². The SMILES string of the molecule is Cl.O=[N+]([O-])C(Cl)(CN1CCOCC1)CN1CCOCC1. The third kappa shape index (κ3) is 4.98. The molecule has 0 aromatic carbocycles. The van der Waals surface area contributed by atoms with Crippen molar-refractivity contribution in [2.75, 3.05) is 65.7 Å². The van der Waals surface area contributed by atoms with E-state index in [0.717, 1.165) is 0 Å². The summed E-state index contributed by atoms with van der Waals surface area (Å²) in [6, 6.07) is 0. The molecule has 118 valence electrons. The van der Waals surface area contributed by atoms with E-state index in [2.05, 4.69) is 0 Å². The lowest BCUT2D eigenvalue weighted by atomic mass is 10.2. The standard InChI is InChI=1S/C11H20ClN3O4.ClH/c12-11(15(16)17,9-13-1-5-18-6-2-13)10-14-3-7-19-8-4-14;/h1-10H2;1H. The summed E-state index contributed by atoms with van der Waals surface area (Å²) in [6.45, 7) is 5.76. The number of rotatable bonds is 5. The van der Waals surface area contributed by atoms with Crippen molar-refractivity contribution in [1.29, 1.82) is 0 Å². The van der Waals surface area contributed by atoms with Crippen molar-refractivity contribution >= 4 is 24.0 Å². The predicted octanol–water partition coefficient (Wildman–Crippen LogP) is 0.284. The predicted molar refractivity (Wildman–Crippen MR) is 77.3 cm³/mol. The van der Waals surface area contributed by atoms with Crippen LogP contribution in [-0.4, -0.2) is 85.4 Å². The molecule has 2 aliphatic heterocycles. The Labute approximate surface area is 129 Å². The molecule has 0 atom stereocenters. The Morgan fingerprint density at radius 1 is 1.00 bits per heavy atom. The molecule has 0 bridgehead atoms. The quantitative estimate of drug-likeness (QED) is 0.312. The first kappa shape index (κ1) is 17.9. The fourth-order valence-corrected chi connectivity index (χ4v) is 2.71. The maximum Gasteiger partial charge on any atom is 0.319 e. The first-order valence-electron chi connectivity index (χ1n) is 6.54. The molecule has 0 aliphatic carbocycles. The van der Waals surface area contributed by atoms with Crippen molar-refractivity contribution in [2.24, 2.45) is 0 Å². The molecule has 2 heterocycles. The van der Waals surface area contributed by atoms with Gasteiger partial charge in [0.15, 0.2) is 0 Å². The van der Waals surface area contributed by atoms with E-state index in [1.165, 1.54) is 0 Å². The second kappa shape index (κ2) is 8.31. The van der Waals surface area contributed by atoms with Gasteiger partial charge in [0, 0.05) is 31.1 Å². The molecule has 0 radical (unpaired) electrons. The van der Waals surface area contributed by atoms with Crippen molar-refractivity contribution in [3.05, 3.63) is 10.1 Å². The fraction of sp³-hybridized carbons (Fsp3) is 1.00. The number of hydrogen-bond acceptors (Lipinski definition) is 6. The van der Waals surface area contributed by atoms with Crippen LogP contribution in [0.4, 0.5) is 0 Å². The molecule has 0 aromatic heterocycles. The highest BCUT2D eigenvalue weighted by Crippen LogP contribution is 2.21. The molecule has 2 saturated heterocycles. The van der Waals surface area contributed by atoms with Crippen LogP contribution in [0.1, 0.15) is 0 Å². The molecule has 2 fully saturated rings. The number of ether oxygens (including phenoxy) is 2. The van der Waals surface area contributed by atoms with Gasteiger partial charge in [0.25, 0.3) is 0 Å². The van der Waals surface area contributed by atoms with E-state index in [1.54, 1.807) is 0 Å². The molecule has 2 aliphatic rings. The smallest absolute Gasteiger partial charge is 0.319 e. The maximum absolute atomic E-state index is 11.3. The lowest BCUT2D eigenvalue weighted by molar-refractivity contribution is -0.543. The van der Waals surface area contributed by atoms with Crippen molar-refractivity contribution in [3.8, 4) is 0 Å². The van der Waals surface area contributed by atoms with Gasteiger partial charge in [-0.1, -0.05) is 0 Å². The zero-order valence-electron chi connectivity index (χ0n) is 11.3. The van der Waals surface area contributed by atoms with Gasteiger partial charge in [-0.15, -0.1) is 12.4 Å². The molecule has 0 saturated carbocycles. The number of halogens is 2. The zero-order chi connectivity index (χ0) is 13.7. The monoisotopic (exact) mass is 329 g/mol. The molecule has 2 rings (SSSR count). The Bertz CT molecular complexity index is 290. The summed E-state index contributed by atoms with van der Waals surface area (Å²) in [5, 5.41) is 11.3. The molecular formula is C11H21Cl2N3O4. The number of hydrogen-bond donors (Lipinski definition) is 0. The van der Waals surface area contributed by atoms with E-state index in [9.17, 15) is 10.1 Å². The Hall–Kier alpha value is -0.180. The van der Waals surface area contributed by atoms with Crippen LogP contribution < -0.4 is 0 Å². The minimum absolute atomic E-state index is 0. The van der Waals surface area contributed by atoms with Gasteiger partial charge in [0.1, 0.15) is 0 Å². The van der Waals surface area contributed by atoms with Crippen LogP contribution in [0.2, 0.25) is 0 Å². The van der Waals surface area contributed by atoms with Crippen LogP contribution in [0.3, 0.4) is 0 Å². The zero-order valence-corrected chi connectivity index (χ0v) is 12.9. The van der Waals surface area contributed by atoms with Crippen LogP contribution in [0.5, 0.6) is 0 Å². The lowest BCUT2D eigenvalue weighted by Crippen LogP contribution is -2.55. The highest BCUT2D eigenvalue weighted by atomic mass is 35.5. The molecule has 0 aromatic rings. The highest BCUT2D eigenvalue weighted by molar-refractivity contribution is 6.23. The summed E-state index contributed by atoms with van der Waals surface area (Å²) in [4.78, 5) is 13.5. The van der Waals surface area contributed by atoms with Gasteiger partial charge in [-0.3, -0.25) is 19.9 Å². The van der Waals surface area contributed by atoms with Crippen molar-refractivity contribution in [1.82, 2.24) is 9.80 Å². The largest absolute Gasteiger partial charge is 0.379 e. The van der Waals surface area contributed by atoms with Gasteiger partial charge >= 0.3 is 5.00 Å². The summed E-state index contributed by atoms with van der Waals surface area (Å²) in [6.07, 6.45) is 0. The van der Waals surface area contributed by atoms with Gasteiger partial charge in [0.2, 0.25) is 0 Å². The van der Waals surface area contributed by atoms with Crippen LogP contribution in [0.25, 0.3) is 0 Å². The Morgan fingerprint density at radius 2 is 1.35 bits per heavy atom. The average molecular weight is 330 g/mol. The van der Waals surface area contributed by atoms with E-state index < -0.39 is 5.00 Å². The third-order valence-electron chi connectivity index (χ3n) is 3.47. The molecule has 0 spiro atoms. The molecule has 0 unspecified atom stereocenters. The van der Waals surface area contributed by atoms with Gasteiger partial charge < -0.3 is 9.47 Å². The number of alkyl halides is 1. The minimum Gasteiger partial charge on any atom is -0.379 e. The second-order valence-electron chi connectivity index (χ2n) is 4.95. The van der Waals surface area contributed by atoms with E-state index in [0.29, 0.717) is 52.6 Å². The van der Waals surface area contributed by atoms with Crippen molar-refractivity contribution in [2.45, 2.75) is 5.00 Å². The van der Waals surface area contributed by atoms with Crippen molar-refractivity contribution in [3.63, 3.8) is 0 Å². The number of nitro groups is 1. The highest BCUT2D eigenvalue weighted by Gasteiger charge is 2.44. The van der Waals surface area contributed by atoms with E-state index in [1.807, 2.05) is 9.80 Å². The second-order valence-corrected chi connectivity index (χ2v) is 5.66. The Kier molecular flexibility index (Phi) is 7.42. The first-order chi connectivity index (χ1) is 9.10. The first-order valence-corrected chi connectivity index (χ1v) is 6.91. The van der Waals surface area contributed by atoms with E-state index in [-0.39, 0.29) is 30.4 Å². The van der Waals surface area contributed by atoms with Gasteiger partial charge in [-0.2, -0.15) is 0 Å². The maximum atomic E-state index is 11.3. The van der Waals surface area contributed by atoms with E-state index >= 15 is 0 Å². The molecule has 0 N–H and O–H groups in total. The summed E-state index contributed by atoms with van der Waals surface area (Å²) in [5.41, 5.74) is 0. The van der Waals surface area contributed by atoms with Crippen LogP contribution in [-0.2, 0) is 9.47 Å². The molecule has 20 heavy (non-hydrogen) atoms. The van der Waals surface area contributed by atoms with Gasteiger partial charge in [0.05, 0.1) is 39.5 Å². The van der Waals surface area contributed by atoms with Crippen LogP contribution >= 0.6 is 24.0 Å². The summed E-state index contributed by atoms with van der Waals surface area (Å²) in [5.74, 6) is 0. The number of nitrogens with zero attached hydrogens (tertiary/aromatic N) is 3. The van der Waals surface area contributed by atoms with Gasteiger partial charge in [-0.25, -0.2) is 0 Å².